The normalized spacial score (nSPS) is 23.2. The Labute approximate surface area is 120 Å². The molecular weight excluding hydrogens is 261 g/mol. The van der Waals surface area contributed by atoms with E-state index in [0.29, 0.717) is 16.9 Å². The van der Waals surface area contributed by atoms with E-state index in [1.54, 1.807) is 12.1 Å². The van der Waals surface area contributed by atoms with E-state index < -0.39 is 0 Å². The van der Waals surface area contributed by atoms with Crippen LogP contribution in [0.25, 0.3) is 0 Å². The smallest absolute Gasteiger partial charge is 0.123 e. The van der Waals surface area contributed by atoms with Crippen molar-refractivity contribution in [3.8, 4) is 0 Å². The molecule has 0 spiro atoms. The molecule has 0 saturated heterocycles. The summed E-state index contributed by atoms with van der Waals surface area (Å²) in [5.74, 6) is 1.13. The lowest BCUT2D eigenvalue weighted by atomic mass is 9.70. The molecule has 19 heavy (non-hydrogen) atoms. The van der Waals surface area contributed by atoms with Gasteiger partial charge in [-0.25, -0.2) is 4.39 Å². The molecule has 1 aromatic carbocycles. The highest BCUT2D eigenvalue weighted by molar-refractivity contribution is 6.31. The maximum atomic E-state index is 13.3. The van der Waals surface area contributed by atoms with E-state index in [9.17, 15) is 4.39 Å². The van der Waals surface area contributed by atoms with Crippen LogP contribution >= 0.6 is 11.6 Å². The first-order valence-electron chi connectivity index (χ1n) is 7.04. The highest BCUT2D eigenvalue weighted by Crippen LogP contribution is 2.37. The van der Waals surface area contributed by atoms with Crippen molar-refractivity contribution >= 4 is 11.6 Å². The van der Waals surface area contributed by atoms with Crippen LogP contribution in [0.2, 0.25) is 5.02 Å². The summed E-state index contributed by atoms with van der Waals surface area (Å²) in [6, 6.07) is 4.66. The highest BCUT2D eigenvalue weighted by Gasteiger charge is 2.31. The molecule has 106 valence electrons. The highest BCUT2D eigenvalue weighted by atomic mass is 35.5. The lowest BCUT2D eigenvalue weighted by Crippen LogP contribution is -2.44. The summed E-state index contributed by atoms with van der Waals surface area (Å²) in [7, 11) is 0. The van der Waals surface area contributed by atoms with Gasteiger partial charge in [-0.05, 0) is 82.2 Å². The van der Waals surface area contributed by atoms with Crippen molar-refractivity contribution < 1.29 is 4.39 Å². The molecule has 0 bridgehead atoms. The van der Waals surface area contributed by atoms with Crippen molar-refractivity contribution in [3.63, 3.8) is 0 Å². The average Bonchev–Trinajstić information content (AvgIpc) is 2.27. The van der Waals surface area contributed by atoms with Gasteiger partial charge in [0.05, 0.1) is 0 Å². The fraction of sp³-hybridized carbons (Fsp3) is 0.625. The molecule has 1 aliphatic carbocycles. The standard InChI is InChI=1S/C16H23ClFN/c1-16(2,3)19-10-12-5-4-11(12)8-13-9-14(18)6-7-15(13)17/h6-7,9,11-12,19H,4-5,8,10H2,1-3H3. The predicted molar refractivity (Wildman–Crippen MR) is 79.1 cm³/mol. The van der Waals surface area contributed by atoms with Gasteiger partial charge in [0.1, 0.15) is 5.82 Å². The first-order valence-corrected chi connectivity index (χ1v) is 7.42. The van der Waals surface area contributed by atoms with E-state index in [0.717, 1.165) is 18.5 Å². The fourth-order valence-corrected chi connectivity index (χ4v) is 2.79. The Hall–Kier alpha value is -0.600. The van der Waals surface area contributed by atoms with Gasteiger partial charge in [-0.2, -0.15) is 0 Å². The summed E-state index contributed by atoms with van der Waals surface area (Å²) >= 11 is 6.14. The van der Waals surface area contributed by atoms with E-state index in [2.05, 4.69) is 26.1 Å². The quantitative estimate of drug-likeness (QED) is 0.862. The summed E-state index contributed by atoms with van der Waals surface area (Å²) in [5, 5.41) is 4.25. The summed E-state index contributed by atoms with van der Waals surface area (Å²) in [5.41, 5.74) is 1.11. The van der Waals surface area contributed by atoms with Crippen molar-refractivity contribution in [3.05, 3.63) is 34.6 Å². The van der Waals surface area contributed by atoms with Gasteiger partial charge in [0, 0.05) is 10.6 Å². The second-order valence-corrected chi connectivity index (χ2v) is 7.08. The third-order valence-electron chi connectivity index (χ3n) is 3.96. The molecule has 2 unspecified atom stereocenters. The van der Waals surface area contributed by atoms with Gasteiger partial charge in [0.2, 0.25) is 0 Å². The Morgan fingerprint density at radius 1 is 1.26 bits per heavy atom. The van der Waals surface area contributed by atoms with Gasteiger partial charge in [0.25, 0.3) is 0 Å². The third kappa shape index (κ3) is 4.19. The average molecular weight is 284 g/mol. The van der Waals surface area contributed by atoms with Crippen LogP contribution in [0.3, 0.4) is 0 Å². The number of nitrogens with one attached hydrogen (secondary N) is 1. The minimum absolute atomic E-state index is 0.163. The van der Waals surface area contributed by atoms with Crippen molar-refractivity contribution in [2.45, 2.75) is 45.6 Å². The zero-order valence-electron chi connectivity index (χ0n) is 12.0. The molecular formula is C16H23ClFN. The largest absolute Gasteiger partial charge is 0.312 e. The Morgan fingerprint density at radius 2 is 1.95 bits per heavy atom. The van der Waals surface area contributed by atoms with Gasteiger partial charge in [-0.3, -0.25) is 0 Å². The van der Waals surface area contributed by atoms with E-state index >= 15 is 0 Å². The molecule has 1 fully saturated rings. The van der Waals surface area contributed by atoms with Crippen LogP contribution < -0.4 is 5.32 Å². The molecule has 0 amide bonds. The van der Waals surface area contributed by atoms with Crippen molar-refractivity contribution in [1.82, 2.24) is 5.32 Å². The van der Waals surface area contributed by atoms with Crippen LogP contribution in [0, 0.1) is 17.7 Å². The third-order valence-corrected chi connectivity index (χ3v) is 4.33. The first kappa shape index (κ1) is 14.8. The molecule has 3 heteroatoms. The summed E-state index contributed by atoms with van der Waals surface area (Å²) in [6.45, 7) is 7.60. The molecule has 1 N–H and O–H groups in total. The maximum Gasteiger partial charge on any atom is 0.123 e. The number of hydrogen-bond acceptors (Lipinski definition) is 1. The van der Waals surface area contributed by atoms with Gasteiger partial charge in [-0.15, -0.1) is 0 Å². The predicted octanol–water partition coefficient (Wildman–Crippen LogP) is 4.44. The molecule has 0 heterocycles. The van der Waals surface area contributed by atoms with Crippen LogP contribution in [0.1, 0.15) is 39.2 Å². The van der Waals surface area contributed by atoms with E-state index in [1.807, 2.05) is 0 Å². The molecule has 1 saturated carbocycles. The maximum absolute atomic E-state index is 13.3. The fourth-order valence-electron chi connectivity index (χ4n) is 2.60. The zero-order valence-corrected chi connectivity index (χ0v) is 12.7. The van der Waals surface area contributed by atoms with E-state index in [-0.39, 0.29) is 11.4 Å². The molecule has 1 nitrogen and oxygen atoms in total. The van der Waals surface area contributed by atoms with Crippen molar-refractivity contribution in [2.24, 2.45) is 11.8 Å². The summed E-state index contributed by atoms with van der Waals surface area (Å²) < 4.78 is 13.3. The Bertz CT molecular complexity index is 439. The molecule has 0 aliphatic heterocycles. The van der Waals surface area contributed by atoms with Gasteiger partial charge in [0.15, 0.2) is 0 Å². The SMILES string of the molecule is CC(C)(C)NCC1CCC1Cc1cc(F)ccc1Cl. The van der Waals surface area contributed by atoms with Crippen molar-refractivity contribution in [2.75, 3.05) is 6.54 Å². The lowest BCUT2D eigenvalue weighted by Gasteiger charge is -2.39. The molecule has 2 rings (SSSR count). The molecule has 1 aliphatic rings. The molecule has 0 aromatic heterocycles. The minimum Gasteiger partial charge on any atom is -0.312 e. The van der Waals surface area contributed by atoms with Gasteiger partial charge < -0.3 is 5.32 Å². The van der Waals surface area contributed by atoms with Crippen LogP contribution in [-0.4, -0.2) is 12.1 Å². The van der Waals surface area contributed by atoms with Crippen LogP contribution in [-0.2, 0) is 6.42 Å². The minimum atomic E-state index is -0.192. The molecule has 1 aromatic rings. The van der Waals surface area contributed by atoms with Crippen LogP contribution in [0.5, 0.6) is 0 Å². The monoisotopic (exact) mass is 283 g/mol. The number of hydrogen-bond donors (Lipinski definition) is 1. The number of halogens is 2. The van der Waals surface area contributed by atoms with Crippen LogP contribution in [0.4, 0.5) is 4.39 Å². The Morgan fingerprint density at radius 3 is 2.53 bits per heavy atom. The second kappa shape index (κ2) is 5.80. The summed E-state index contributed by atoms with van der Waals surface area (Å²) in [6.07, 6.45) is 3.39. The van der Waals surface area contributed by atoms with E-state index in [1.165, 1.54) is 18.9 Å². The van der Waals surface area contributed by atoms with Crippen LogP contribution in [0.15, 0.2) is 18.2 Å². The zero-order chi connectivity index (χ0) is 14.0. The summed E-state index contributed by atoms with van der Waals surface area (Å²) in [4.78, 5) is 0. The second-order valence-electron chi connectivity index (χ2n) is 6.67. The van der Waals surface area contributed by atoms with Gasteiger partial charge in [-0.1, -0.05) is 11.6 Å². The Kier molecular flexibility index (Phi) is 4.52. The first-order chi connectivity index (χ1) is 8.85. The lowest BCUT2D eigenvalue weighted by molar-refractivity contribution is 0.159. The number of rotatable bonds is 4. The molecule has 2 atom stereocenters. The van der Waals surface area contributed by atoms with E-state index in [4.69, 9.17) is 11.6 Å². The van der Waals surface area contributed by atoms with Crippen molar-refractivity contribution in [1.29, 1.82) is 0 Å². The number of benzene rings is 1. The Balaban J connectivity index is 1.91. The topological polar surface area (TPSA) is 12.0 Å². The molecule has 0 radical (unpaired) electrons. The van der Waals surface area contributed by atoms with Gasteiger partial charge >= 0.3 is 0 Å².